The Bertz CT molecular complexity index is 848. The Morgan fingerprint density at radius 3 is 2.40 bits per heavy atom. The van der Waals surface area contributed by atoms with Gasteiger partial charge in [0.05, 0.1) is 19.7 Å². The Labute approximate surface area is 149 Å². The summed E-state index contributed by atoms with van der Waals surface area (Å²) in [6.07, 6.45) is 1.97. The normalized spacial score (nSPS) is 11.0. The third-order valence-corrected chi connectivity index (χ3v) is 4.35. The first-order valence-corrected chi connectivity index (χ1v) is 8.50. The molecule has 0 aliphatic carbocycles. The Kier molecular flexibility index (Phi) is 5.51. The Hall–Kier alpha value is -2.59. The first kappa shape index (κ1) is 17.2. The summed E-state index contributed by atoms with van der Waals surface area (Å²) in [4.78, 5) is 6.94. The van der Waals surface area contributed by atoms with E-state index in [0.717, 1.165) is 36.6 Å². The summed E-state index contributed by atoms with van der Waals surface area (Å²) in [5, 5.41) is 1.18. The molecule has 0 radical (unpaired) electrons. The molecule has 1 aromatic heterocycles. The zero-order valence-corrected chi connectivity index (χ0v) is 15.0. The van der Waals surface area contributed by atoms with Gasteiger partial charge in [-0.15, -0.1) is 0 Å². The molecule has 4 nitrogen and oxygen atoms in total. The van der Waals surface area contributed by atoms with Gasteiger partial charge >= 0.3 is 0 Å². The molecule has 3 rings (SSSR count). The molecule has 0 saturated carbocycles. The van der Waals surface area contributed by atoms with E-state index < -0.39 is 0 Å². The maximum absolute atomic E-state index is 5.41. The molecular formula is C21H24N2O2. The molecule has 0 amide bonds. The summed E-state index contributed by atoms with van der Waals surface area (Å²) in [7, 11) is 3.32. The summed E-state index contributed by atoms with van der Waals surface area (Å²) >= 11 is 0. The molecule has 0 unspecified atom stereocenters. The van der Waals surface area contributed by atoms with E-state index in [9.17, 15) is 0 Å². The molecule has 0 aliphatic heterocycles. The lowest BCUT2D eigenvalue weighted by atomic mass is 10.1. The van der Waals surface area contributed by atoms with Gasteiger partial charge in [0.15, 0.2) is 11.5 Å². The fourth-order valence-electron chi connectivity index (χ4n) is 2.98. The molecular weight excluding hydrogens is 312 g/mol. The second-order valence-corrected chi connectivity index (χ2v) is 6.03. The van der Waals surface area contributed by atoms with Crippen LogP contribution in [0.25, 0.3) is 10.9 Å². The van der Waals surface area contributed by atoms with Crippen molar-refractivity contribution in [3.05, 3.63) is 65.9 Å². The van der Waals surface area contributed by atoms with Crippen molar-refractivity contribution in [2.24, 2.45) is 0 Å². The molecule has 0 saturated heterocycles. The topological polar surface area (TPSA) is 34.6 Å². The number of rotatable bonds is 7. The lowest BCUT2D eigenvalue weighted by molar-refractivity contribution is 0.270. The second-order valence-electron chi connectivity index (χ2n) is 6.03. The van der Waals surface area contributed by atoms with Gasteiger partial charge in [0.25, 0.3) is 0 Å². The smallest absolute Gasteiger partial charge is 0.161 e. The van der Waals surface area contributed by atoms with Crippen LogP contribution in [0.15, 0.2) is 54.7 Å². The Balaban J connectivity index is 1.75. The van der Waals surface area contributed by atoms with Crippen molar-refractivity contribution in [2.45, 2.75) is 20.0 Å². The van der Waals surface area contributed by atoms with Gasteiger partial charge in [0, 0.05) is 24.7 Å². The van der Waals surface area contributed by atoms with Crippen molar-refractivity contribution in [1.29, 1.82) is 0 Å². The Morgan fingerprint density at radius 2 is 1.64 bits per heavy atom. The van der Waals surface area contributed by atoms with Gasteiger partial charge in [-0.3, -0.25) is 9.88 Å². The van der Waals surface area contributed by atoms with Crippen molar-refractivity contribution in [2.75, 3.05) is 20.8 Å². The van der Waals surface area contributed by atoms with E-state index in [1.807, 2.05) is 30.5 Å². The van der Waals surface area contributed by atoms with Crippen LogP contribution < -0.4 is 9.47 Å². The molecule has 3 aromatic rings. The monoisotopic (exact) mass is 336 g/mol. The van der Waals surface area contributed by atoms with E-state index in [2.05, 4.69) is 41.1 Å². The van der Waals surface area contributed by atoms with Crippen LogP contribution in [-0.2, 0) is 13.1 Å². The van der Waals surface area contributed by atoms with Gasteiger partial charge in [-0.2, -0.15) is 0 Å². The highest BCUT2D eigenvalue weighted by molar-refractivity contribution is 5.78. The highest BCUT2D eigenvalue weighted by atomic mass is 16.5. The van der Waals surface area contributed by atoms with E-state index >= 15 is 0 Å². The molecule has 0 spiro atoms. The van der Waals surface area contributed by atoms with E-state index in [0.29, 0.717) is 0 Å². The van der Waals surface area contributed by atoms with Crippen molar-refractivity contribution in [3.8, 4) is 11.5 Å². The quantitative estimate of drug-likeness (QED) is 0.645. The number of hydrogen-bond donors (Lipinski definition) is 0. The number of aromatic nitrogens is 1. The highest BCUT2D eigenvalue weighted by Gasteiger charge is 2.09. The van der Waals surface area contributed by atoms with Gasteiger partial charge in [0.1, 0.15) is 0 Å². The van der Waals surface area contributed by atoms with Crippen LogP contribution in [0.1, 0.15) is 18.1 Å². The molecule has 0 aliphatic rings. The molecule has 4 heteroatoms. The number of hydrogen-bond acceptors (Lipinski definition) is 4. The molecule has 0 fully saturated rings. The van der Waals surface area contributed by atoms with Crippen LogP contribution in [0.5, 0.6) is 11.5 Å². The van der Waals surface area contributed by atoms with Crippen molar-refractivity contribution in [1.82, 2.24) is 9.88 Å². The van der Waals surface area contributed by atoms with Gasteiger partial charge in [-0.25, -0.2) is 0 Å². The van der Waals surface area contributed by atoms with Crippen molar-refractivity contribution >= 4 is 10.9 Å². The molecule has 1 heterocycles. The summed E-state index contributed by atoms with van der Waals surface area (Å²) in [5.41, 5.74) is 3.46. The SMILES string of the molecule is CCN(Cc1ccc(OC)c(OC)c1)Cc1cnc2ccccc2c1. The number of benzene rings is 2. The molecule has 25 heavy (non-hydrogen) atoms. The van der Waals surface area contributed by atoms with Gasteiger partial charge in [-0.05, 0) is 41.9 Å². The van der Waals surface area contributed by atoms with Crippen LogP contribution in [0, 0.1) is 0 Å². The zero-order chi connectivity index (χ0) is 17.6. The molecule has 130 valence electrons. The number of nitrogens with zero attached hydrogens (tertiary/aromatic N) is 2. The largest absolute Gasteiger partial charge is 0.493 e. The van der Waals surface area contributed by atoms with Gasteiger partial charge < -0.3 is 9.47 Å². The van der Waals surface area contributed by atoms with E-state index in [1.54, 1.807) is 14.2 Å². The van der Waals surface area contributed by atoms with E-state index in [1.165, 1.54) is 16.5 Å². The Morgan fingerprint density at radius 1 is 0.880 bits per heavy atom. The van der Waals surface area contributed by atoms with E-state index in [4.69, 9.17) is 9.47 Å². The molecule has 0 bridgehead atoms. The van der Waals surface area contributed by atoms with E-state index in [-0.39, 0.29) is 0 Å². The van der Waals surface area contributed by atoms with Crippen LogP contribution in [0.4, 0.5) is 0 Å². The van der Waals surface area contributed by atoms with Crippen LogP contribution in [0.2, 0.25) is 0 Å². The lowest BCUT2D eigenvalue weighted by Gasteiger charge is -2.21. The number of pyridine rings is 1. The standard InChI is InChI=1S/C21H24N2O2/c1-4-23(14-16-9-10-20(24-2)21(12-16)25-3)15-17-11-18-7-5-6-8-19(18)22-13-17/h5-13H,4,14-15H2,1-3H3. The minimum absolute atomic E-state index is 0.757. The van der Waals surface area contributed by atoms with Gasteiger partial charge in [0.2, 0.25) is 0 Å². The number of para-hydroxylation sites is 1. The molecule has 0 N–H and O–H groups in total. The van der Waals surface area contributed by atoms with Crippen molar-refractivity contribution < 1.29 is 9.47 Å². The molecule has 2 aromatic carbocycles. The molecule has 0 atom stereocenters. The second kappa shape index (κ2) is 7.99. The number of methoxy groups -OCH3 is 2. The zero-order valence-electron chi connectivity index (χ0n) is 15.0. The predicted molar refractivity (Wildman–Crippen MR) is 101 cm³/mol. The number of fused-ring (bicyclic) bond motifs is 1. The maximum Gasteiger partial charge on any atom is 0.161 e. The maximum atomic E-state index is 5.41. The van der Waals surface area contributed by atoms with Gasteiger partial charge in [-0.1, -0.05) is 31.2 Å². The lowest BCUT2D eigenvalue weighted by Crippen LogP contribution is -2.22. The average molecular weight is 336 g/mol. The summed E-state index contributed by atoms with van der Waals surface area (Å²) < 4.78 is 10.7. The van der Waals surface area contributed by atoms with Crippen molar-refractivity contribution in [3.63, 3.8) is 0 Å². The summed E-state index contributed by atoms with van der Waals surface area (Å²) in [5.74, 6) is 1.52. The first-order chi connectivity index (χ1) is 12.2. The minimum atomic E-state index is 0.757. The third kappa shape index (κ3) is 4.09. The fourth-order valence-corrected chi connectivity index (χ4v) is 2.98. The number of ether oxygens (including phenoxy) is 2. The van der Waals surface area contributed by atoms with Crippen LogP contribution in [-0.4, -0.2) is 30.6 Å². The fraction of sp³-hybridized carbons (Fsp3) is 0.286. The average Bonchev–Trinajstić information content (AvgIpc) is 2.67. The highest BCUT2D eigenvalue weighted by Crippen LogP contribution is 2.28. The minimum Gasteiger partial charge on any atom is -0.493 e. The third-order valence-electron chi connectivity index (χ3n) is 4.35. The van der Waals surface area contributed by atoms with Crippen LogP contribution in [0.3, 0.4) is 0 Å². The first-order valence-electron chi connectivity index (χ1n) is 8.50. The van der Waals surface area contributed by atoms with Crippen LogP contribution >= 0.6 is 0 Å². The predicted octanol–water partition coefficient (Wildman–Crippen LogP) is 4.27. The summed E-state index contributed by atoms with van der Waals surface area (Å²) in [6, 6.07) is 16.5. The summed E-state index contributed by atoms with van der Waals surface area (Å²) in [6.45, 7) is 4.85.